The van der Waals surface area contributed by atoms with E-state index in [-0.39, 0.29) is 12.0 Å². The van der Waals surface area contributed by atoms with Gasteiger partial charge in [0.05, 0.1) is 38.2 Å². The Morgan fingerprint density at radius 3 is 3.12 bits per heavy atom. The Bertz CT molecular complexity index is 256. The van der Waals surface area contributed by atoms with Crippen LogP contribution in [0, 0.1) is 11.3 Å². The summed E-state index contributed by atoms with van der Waals surface area (Å²) in [6, 6.07) is 2.01. The maximum Gasteiger partial charge on any atom is 0.224 e. The topological polar surface area (TPSA) is 62.6 Å². The van der Waals surface area contributed by atoms with Gasteiger partial charge >= 0.3 is 0 Å². The second-order valence-electron chi connectivity index (χ2n) is 3.83. The van der Waals surface area contributed by atoms with Crippen molar-refractivity contribution in [3.8, 4) is 6.07 Å². The molecule has 0 radical (unpaired) electrons. The highest BCUT2D eigenvalue weighted by atomic mass is 16.5. The Labute approximate surface area is 95.9 Å². The van der Waals surface area contributed by atoms with Crippen molar-refractivity contribution in [1.29, 1.82) is 5.26 Å². The molecule has 1 unspecified atom stereocenters. The summed E-state index contributed by atoms with van der Waals surface area (Å²) in [4.78, 5) is 13.1. The van der Waals surface area contributed by atoms with E-state index in [1.54, 1.807) is 11.9 Å². The van der Waals surface area contributed by atoms with Crippen LogP contribution in [0.15, 0.2) is 0 Å². The molecule has 0 aromatic carbocycles. The minimum absolute atomic E-state index is 0.0224. The van der Waals surface area contributed by atoms with Crippen LogP contribution in [0.2, 0.25) is 0 Å². The van der Waals surface area contributed by atoms with Crippen LogP contribution < -0.4 is 0 Å². The summed E-state index contributed by atoms with van der Waals surface area (Å²) >= 11 is 0. The lowest BCUT2D eigenvalue weighted by atomic mass is 10.3. The lowest BCUT2D eigenvalue weighted by Crippen LogP contribution is -2.29. The molecule has 90 valence electrons. The van der Waals surface area contributed by atoms with Crippen LogP contribution in [-0.4, -0.2) is 50.3 Å². The number of amides is 1. The SMILES string of the molecule is CN(CCC#N)C(=O)CCOC1CCOC1. The molecule has 0 saturated carbocycles. The molecule has 1 heterocycles. The fraction of sp³-hybridized carbons (Fsp3) is 0.818. The van der Waals surface area contributed by atoms with Gasteiger partial charge in [-0.15, -0.1) is 0 Å². The van der Waals surface area contributed by atoms with Crippen LogP contribution in [0.25, 0.3) is 0 Å². The highest BCUT2D eigenvalue weighted by Gasteiger charge is 2.16. The minimum atomic E-state index is 0.0224. The van der Waals surface area contributed by atoms with Crippen LogP contribution in [0.3, 0.4) is 0 Å². The first kappa shape index (κ1) is 12.9. The molecule has 1 fully saturated rings. The Hall–Kier alpha value is -1.12. The van der Waals surface area contributed by atoms with Crippen LogP contribution in [0.1, 0.15) is 19.3 Å². The van der Waals surface area contributed by atoms with Gasteiger partial charge in [-0.3, -0.25) is 4.79 Å². The zero-order chi connectivity index (χ0) is 11.8. The molecule has 0 N–H and O–H groups in total. The number of nitriles is 1. The summed E-state index contributed by atoms with van der Waals surface area (Å²) in [7, 11) is 1.71. The average molecular weight is 226 g/mol. The largest absolute Gasteiger partial charge is 0.379 e. The monoisotopic (exact) mass is 226 g/mol. The summed E-state index contributed by atoms with van der Waals surface area (Å²) < 4.78 is 10.6. The number of ether oxygens (including phenoxy) is 2. The van der Waals surface area contributed by atoms with Crippen LogP contribution in [0.5, 0.6) is 0 Å². The first-order valence-electron chi connectivity index (χ1n) is 5.54. The molecule has 0 spiro atoms. The number of nitrogens with zero attached hydrogens (tertiary/aromatic N) is 2. The normalized spacial score (nSPS) is 19.4. The van der Waals surface area contributed by atoms with Crippen molar-refractivity contribution in [2.45, 2.75) is 25.4 Å². The molecule has 1 amide bonds. The predicted octanol–water partition coefficient (Wildman–Crippen LogP) is 0.554. The molecule has 0 bridgehead atoms. The van der Waals surface area contributed by atoms with Crippen molar-refractivity contribution >= 4 is 5.91 Å². The molecule has 0 aliphatic carbocycles. The first-order valence-corrected chi connectivity index (χ1v) is 5.54. The Morgan fingerprint density at radius 1 is 1.69 bits per heavy atom. The molecule has 1 saturated heterocycles. The van der Waals surface area contributed by atoms with E-state index in [1.165, 1.54) is 0 Å². The smallest absolute Gasteiger partial charge is 0.224 e. The van der Waals surface area contributed by atoms with Crippen molar-refractivity contribution in [2.24, 2.45) is 0 Å². The third-order valence-corrected chi connectivity index (χ3v) is 2.54. The molecule has 0 aromatic heterocycles. The Balaban J connectivity index is 2.07. The van der Waals surface area contributed by atoms with Crippen molar-refractivity contribution in [3.63, 3.8) is 0 Å². The van der Waals surface area contributed by atoms with E-state index in [0.29, 0.717) is 32.6 Å². The van der Waals surface area contributed by atoms with Gasteiger partial charge in [0.25, 0.3) is 0 Å². The van der Waals surface area contributed by atoms with Crippen molar-refractivity contribution < 1.29 is 14.3 Å². The van der Waals surface area contributed by atoms with E-state index in [1.807, 2.05) is 6.07 Å². The standard InChI is InChI=1S/C11H18N2O3/c1-13(6-2-5-12)11(14)4-8-16-10-3-7-15-9-10/h10H,2-4,6-9H2,1H3. The maximum atomic E-state index is 11.5. The van der Waals surface area contributed by atoms with Gasteiger partial charge in [0.15, 0.2) is 0 Å². The van der Waals surface area contributed by atoms with Gasteiger partial charge in [0, 0.05) is 20.2 Å². The number of rotatable bonds is 6. The second-order valence-corrected chi connectivity index (χ2v) is 3.83. The summed E-state index contributed by atoms with van der Waals surface area (Å²) in [6.45, 7) is 2.31. The number of hydrogen-bond donors (Lipinski definition) is 0. The third-order valence-electron chi connectivity index (χ3n) is 2.54. The molecular weight excluding hydrogens is 208 g/mol. The summed E-state index contributed by atoms with van der Waals surface area (Å²) in [5.74, 6) is 0.0224. The summed E-state index contributed by atoms with van der Waals surface area (Å²) in [6.07, 6.45) is 1.81. The quantitative estimate of drug-likeness (QED) is 0.663. The van der Waals surface area contributed by atoms with Crippen molar-refractivity contribution in [3.05, 3.63) is 0 Å². The van der Waals surface area contributed by atoms with E-state index in [0.717, 1.165) is 13.0 Å². The van der Waals surface area contributed by atoms with E-state index in [2.05, 4.69) is 0 Å². The highest BCUT2D eigenvalue weighted by Crippen LogP contribution is 2.08. The third kappa shape index (κ3) is 4.60. The zero-order valence-corrected chi connectivity index (χ0v) is 9.65. The molecule has 0 aromatic rings. The van der Waals surface area contributed by atoms with Crippen LogP contribution >= 0.6 is 0 Å². The van der Waals surface area contributed by atoms with E-state index < -0.39 is 0 Å². The highest BCUT2D eigenvalue weighted by molar-refractivity contribution is 5.75. The predicted molar refractivity (Wildman–Crippen MR) is 57.7 cm³/mol. The van der Waals surface area contributed by atoms with Gasteiger partial charge < -0.3 is 14.4 Å². The minimum Gasteiger partial charge on any atom is -0.379 e. The molecule has 1 atom stereocenters. The van der Waals surface area contributed by atoms with Gasteiger partial charge in [-0.05, 0) is 6.42 Å². The van der Waals surface area contributed by atoms with Gasteiger partial charge in [0.2, 0.25) is 5.91 Å². The van der Waals surface area contributed by atoms with Crippen molar-refractivity contribution in [1.82, 2.24) is 4.90 Å². The second kappa shape index (κ2) is 7.20. The first-order chi connectivity index (χ1) is 7.74. The molecule has 1 rings (SSSR count). The van der Waals surface area contributed by atoms with Crippen LogP contribution in [0.4, 0.5) is 0 Å². The van der Waals surface area contributed by atoms with Crippen molar-refractivity contribution in [2.75, 3.05) is 33.4 Å². The van der Waals surface area contributed by atoms with Gasteiger partial charge in [-0.25, -0.2) is 0 Å². The maximum absolute atomic E-state index is 11.5. The summed E-state index contributed by atoms with van der Waals surface area (Å²) in [5.41, 5.74) is 0. The fourth-order valence-electron chi connectivity index (χ4n) is 1.49. The summed E-state index contributed by atoms with van der Waals surface area (Å²) in [5, 5.41) is 8.39. The van der Waals surface area contributed by atoms with E-state index >= 15 is 0 Å². The molecule has 5 nitrogen and oxygen atoms in total. The number of carbonyl (C=O) groups excluding carboxylic acids is 1. The van der Waals surface area contributed by atoms with E-state index in [9.17, 15) is 4.79 Å². The molecular formula is C11H18N2O3. The zero-order valence-electron chi connectivity index (χ0n) is 9.65. The van der Waals surface area contributed by atoms with E-state index in [4.69, 9.17) is 14.7 Å². The molecule has 1 aliphatic heterocycles. The number of hydrogen-bond acceptors (Lipinski definition) is 4. The Morgan fingerprint density at radius 2 is 2.50 bits per heavy atom. The number of carbonyl (C=O) groups is 1. The lowest BCUT2D eigenvalue weighted by molar-refractivity contribution is -0.131. The average Bonchev–Trinajstić information content (AvgIpc) is 2.78. The van der Waals surface area contributed by atoms with Gasteiger partial charge in [-0.2, -0.15) is 5.26 Å². The van der Waals surface area contributed by atoms with Gasteiger partial charge in [0.1, 0.15) is 0 Å². The lowest BCUT2D eigenvalue weighted by Gasteiger charge is -2.16. The fourth-order valence-corrected chi connectivity index (χ4v) is 1.49. The molecule has 5 heteroatoms. The van der Waals surface area contributed by atoms with Crippen LogP contribution in [-0.2, 0) is 14.3 Å². The molecule has 1 aliphatic rings. The Kier molecular flexibility index (Phi) is 5.83. The molecule has 16 heavy (non-hydrogen) atoms. The van der Waals surface area contributed by atoms with Gasteiger partial charge in [-0.1, -0.05) is 0 Å².